The molecule has 52 valence electrons. The Hall–Kier alpha value is -0.820. The summed E-state index contributed by atoms with van der Waals surface area (Å²) in [5.41, 5.74) is 1.50. The standard InChI is InChI=1S/C6H6BrN3/c1-4-5(3-8)6(7)9-10(4)2/h1-2H3. The fraction of sp³-hybridized carbons (Fsp3) is 0.333. The maximum Gasteiger partial charge on any atom is 0.146 e. The van der Waals surface area contributed by atoms with Crippen LogP contribution in [0, 0.1) is 18.3 Å². The van der Waals surface area contributed by atoms with Gasteiger partial charge in [-0.15, -0.1) is 0 Å². The van der Waals surface area contributed by atoms with Crippen molar-refractivity contribution in [3.8, 4) is 6.07 Å². The molecular weight excluding hydrogens is 194 g/mol. The molecule has 1 heterocycles. The lowest BCUT2D eigenvalue weighted by Gasteiger charge is -1.89. The van der Waals surface area contributed by atoms with Gasteiger partial charge in [-0.1, -0.05) is 0 Å². The quantitative estimate of drug-likeness (QED) is 0.634. The van der Waals surface area contributed by atoms with E-state index in [0.717, 1.165) is 5.69 Å². The zero-order valence-corrected chi connectivity index (χ0v) is 7.31. The van der Waals surface area contributed by atoms with Gasteiger partial charge in [-0.05, 0) is 22.9 Å². The topological polar surface area (TPSA) is 41.6 Å². The molecular formula is C6H6BrN3. The third-order valence-corrected chi connectivity index (χ3v) is 1.96. The van der Waals surface area contributed by atoms with Crippen LogP contribution in [0.4, 0.5) is 0 Å². The van der Waals surface area contributed by atoms with Gasteiger partial charge < -0.3 is 0 Å². The van der Waals surface area contributed by atoms with Crippen LogP contribution < -0.4 is 0 Å². The number of nitrogens with zero attached hydrogens (tertiary/aromatic N) is 3. The molecule has 3 nitrogen and oxygen atoms in total. The summed E-state index contributed by atoms with van der Waals surface area (Å²) in [6, 6.07) is 2.05. The van der Waals surface area contributed by atoms with Gasteiger partial charge in [0.1, 0.15) is 16.2 Å². The fourth-order valence-electron chi connectivity index (χ4n) is 0.695. The molecule has 0 atom stereocenters. The summed E-state index contributed by atoms with van der Waals surface area (Å²) in [5.74, 6) is 0. The van der Waals surface area contributed by atoms with Gasteiger partial charge in [0.2, 0.25) is 0 Å². The molecule has 0 radical (unpaired) electrons. The molecule has 0 fully saturated rings. The first kappa shape index (κ1) is 7.29. The van der Waals surface area contributed by atoms with Crippen LogP contribution in [0.2, 0.25) is 0 Å². The second-order valence-corrected chi connectivity index (χ2v) is 2.74. The first-order chi connectivity index (χ1) is 4.66. The number of hydrogen-bond acceptors (Lipinski definition) is 2. The van der Waals surface area contributed by atoms with Gasteiger partial charge >= 0.3 is 0 Å². The van der Waals surface area contributed by atoms with Crippen LogP contribution in [0.1, 0.15) is 11.3 Å². The highest BCUT2D eigenvalue weighted by Gasteiger charge is 2.08. The van der Waals surface area contributed by atoms with E-state index in [1.165, 1.54) is 0 Å². The minimum Gasteiger partial charge on any atom is -0.270 e. The fourth-order valence-corrected chi connectivity index (χ4v) is 1.31. The maximum atomic E-state index is 8.58. The number of aryl methyl sites for hydroxylation is 1. The van der Waals surface area contributed by atoms with E-state index >= 15 is 0 Å². The summed E-state index contributed by atoms with van der Waals surface area (Å²) >= 11 is 3.17. The summed E-state index contributed by atoms with van der Waals surface area (Å²) in [6.07, 6.45) is 0. The van der Waals surface area contributed by atoms with E-state index < -0.39 is 0 Å². The van der Waals surface area contributed by atoms with Crippen molar-refractivity contribution >= 4 is 15.9 Å². The lowest BCUT2D eigenvalue weighted by atomic mass is 10.3. The van der Waals surface area contributed by atoms with Gasteiger partial charge in [-0.3, -0.25) is 4.68 Å². The summed E-state index contributed by atoms with van der Waals surface area (Å²) in [4.78, 5) is 0. The van der Waals surface area contributed by atoms with Gasteiger partial charge in [-0.25, -0.2) is 0 Å². The molecule has 4 heteroatoms. The van der Waals surface area contributed by atoms with Gasteiger partial charge in [0.15, 0.2) is 0 Å². The van der Waals surface area contributed by atoms with Gasteiger partial charge in [0.25, 0.3) is 0 Å². The van der Waals surface area contributed by atoms with Crippen molar-refractivity contribution in [3.05, 3.63) is 15.9 Å². The van der Waals surface area contributed by atoms with Crippen LogP contribution in [0.15, 0.2) is 4.60 Å². The zero-order valence-electron chi connectivity index (χ0n) is 5.72. The molecule has 0 spiro atoms. The number of aromatic nitrogens is 2. The van der Waals surface area contributed by atoms with E-state index in [4.69, 9.17) is 5.26 Å². The molecule has 10 heavy (non-hydrogen) atoms. The molecule has 1 rings (SSSR count). The Morgan fingerprint density at radius 2 is 2.30 bits per heavy atom. The first-order valence-electron chi connectivity index (χ1n) is 2.76. The van der Waals surface area contributed by atoms with Crippen molar-refractivity contribution < 1.29 is 0 Å². The molecule has 0 unspecified atom stereocenters. The zero-order chi connectivity index (χ0) is 7.72. The summed E-state index contributed by atoms with van der Waals surface area (Å²) in [7, 11) is 1.81. The predicted octanol–water partition coefficient (Wildman–Crippen LogP) is 1.36. The monoisotopic (exact) mass is 199 g/mol. The molecule has 0 N–H and O–H groups in total. The van der Waals surface area contributed by atoms with Gasteiger partial charge in [0, 0.05) is 7.05 Å². The second-order valence-electron chi connectivity index (χ2n) is 1.99. The molecule has 1 aromatic heterocycles. The average Bonchev–Trinajstić information content (AvgIpc) is 2.09. The predicted molar refractivity (Wildman–Crippen MR) is 40.4 cm³/mol. The Labute approximate surface area is 67.4 Å². The largest absolute Gasteiger partial charge is 0.270 e. The molecule has 0 saturated heterocycles. The molecule has 0 aliphatic heterocycles. The highest BCUT2D eigenvalue weighted by molar-refractivity contribution is 9.10. The van der Waals surface area contributed by atoms with Crippen LogP contribution in [-0.4, -0.2) is 9.78 Å². The molecule has 0 amide bonds. The number of hydrogen-bond donors (Lipinski definition) is 0. The highest BCUT2D eigenvalue weighted by atomic mass is 79.9. The summed E-state index contributed by atoms with van der Waals surface area (Å²) in [6.45, 7) is 1.86. The minimum absolute atomic E-state index is 0.613. The van der Waals surface area contributed by atoms with Gasteiger partial charge in [0.05, 0.1) is 5.69 Å². The molecule has 0 saturated carbocycles. The van der Waals surface area contributed by atoms with Crippen molar-refractivity contribution in [2.24, 2.45) is 7.05 Å². The van der Waals surface area contributed by atoms with Crippen molar-refractivity contribution in [2.45, 2.75) is 6.92 Å². The van der Waals surface area contributed by atoms with Crippen LogP contribution in [0.3, 0.4) is 0 Å². The summed E-state index contributed by atoms with van der Waals surface area (Å²) < 4.78 is 2.29. The van der Waals surface area contributed by atoms with Crippen molar-refractivity contribution in [1.29, 1.82) is 5.26 Å². The van der Waals surface area contributed by atoms with Crippen molar-refractivity contribution in [3.63, 3.8) is 0 Å². The Bertz CT molecular complexity index is 295. The normalized spacial score (nSPS) is 9.40. The van der Waals surface area contributed by atoms with Crippen molar-refractivity contribution in [2.75, 3.05) is 0 Å². The van der Waals surface area contributed by atoms with Crippen LogP contribution in [-0.2, 0) is 7.05 Å². The lowest BCUT2D eigenvalue weighted by Crippen LogP contribution is -1.92. The Morgan fingerprint density at radius 3 is 2.50 bits per heavy atom. The maximum absolute atomic E-state index is 8.58. The van der Waals surface area contributed by atoms with E-state index in [9.17, 15) is 0 Å². The SMILES string of the molecule is Cc1c(C#N)c(Br)nn1C. The molecule has 1 aromatic rings. The highest BCUT2D eigenvalue weighted by Crippen LogP contribution is 2.16. The lowest BCUT2D eigenvalue weighted by molar-refractivity contribution is 0.734. The van der Waals surface area contributed by atoms with E-state index in [-0.39, 0.29) is 0 Å². The number of rotatable bonds is 0. The average molecular weight is 200 g/mol. The van der Waals surface area contributed by atoms with Crippen LogP contribution in [0.25, 0.3) is 0 Å². The molecule has 0 aliphatic carbocycles. The van der Waals surface area contributed by atoms with Crippen molar-refractivity contribution in [1.82, 2.24) is 9.78 Å². The van der Waals surface area contributed by atoms with E-state index in [1.807, 2.05) is 6.92 Å². The van der Waals surface area contributed by atoms with E-state index in [2.05, 4.69) is 27.1 Å². The third-order valence-electron chi connectivity index (χ3n) is 1.40. The minimum atomic E-state index is 0.613. The second kappa shape index (κ2) is 2.43. The van der Waals surface area contributed by atoms with Crippen LogP contribution >= 0.6 is 15.9 Å². The number of nitriles is 1. The molecule has 0 bridgehead atoms. The van der Waals surface area contributed by atoms with Crippen LogP contribution in [0.5, 0.6) is 0 Å². The Balaban J connectivity index is 3.37. The third kappa shape index (κ3) is 0.929. The first-order valence-corrected chi connectivity index (χ1v) is 3.55. The molecule has 0 aliphatic rings. The van der Waals surface area contributed by atoms with Gasteiger partial charge in [-0.2, -0.15) is 10.4 Å². The van der Waals surface area contributed by atoms with E-state index in [0.29, 0.717) is 10.2 Å². The Morgan fingerprint density at radius 1 is 1.70 bits per heavy atom. The van der Waals surface area contributed by atoms with E-state index in [1.54, 1.807) is 11.7 Å². The Kier molecular flexibility index (Phi) is 1.77. The summed E-state index contributed by atoms with van der Waals surface area (Å²) in [5, 5.41) is 12.6. The number of halogens is 1. The molecule has 0 aromatic carbocycles. The smallest absolute Gasteiger partial charge is 0.146 e.